The highest BCUT2D eigenvalue weighted by atomic mass is 16.4. The number of allylic oxidation sites excluding steroid dienone is 4. The van der Waals surface area contributed by atoms with Gasteiger partial charge in [0.25, 0.3) is 0 Å². The first-order valence-corrected chi connectivity index (χ1v) is 6.02. The second-order valence-corrected chi connectivity index (χ2v) is 4.69. The van der Waals surface area contributed by atoms with E-state index in [1.54, 1.807) is 6.21 Å². The van der Waals surface area contributed by atoms with E-state index < -0.39 is 0 Å². The van der Waals surface area contributed by atoms with Gasteiger partial charge in [-0.2, -0.15) is 0 Å². The average molecular weight is 223 g/mol. The molecule has 1 N–H and O–H groups in total. The summed E-state index contributed by atoms with van der Waals surface area (Å²) in [5.41, 5.74) is 2.84. The summed E-state index contributed by atoms with van der Waals surface area (Å²) in [6, 6.07) is 0. The van der Waals surface area contributed by atoms with Crippen molar-refractivity contribution in [3.05, 3.63) is 23.3 Å². The van der Waals surface area contributed by atoms with E-state index in [9.17, 15) is 0 Å². The zero-order valence-corrected chi connectivity index (χ0v) is 11.0. The van der Waals surface area contributed by atoms with Gasteiger partial charge in [-0.05, 0) is 52.4 Å². The van der Waals surface area contributed by atoms with Crippen LogP contribution in [0.5, 0.6) is 0 Å². The summed E-state index contributed by atoms with van der Waals surface area (Å²) in [5, 5.41) is 11.4. The van der Waals surface area contributed by atoms with Gasteiger partial charge >= 0.3 is 0 Å². The minimum Gasteiger partial charge on any atom is -0.411 e. The molecule has 0 aromatic carbocycles. The molecule has 0 amide bonds. The average Bonchev–Trinajstić information content (AvgIpc) is 2.17. The normalized spacial score (nSPS) is 14.1. The predicted octanol–water partition coefficient (Wildman–Crippen LogP) is 4.56. The zero-order valence-electron chi connectivity index (χ0n) is 11.0. The third kappa shape index (κ3) is 9.50. The van der Waals surface area contributed by atoms with Crippen molar-refractivity contribution in [2.45, 2.75) is 53.4 Å². The van der Waals surface area contributed by atoms with Gasteiger partial charge in [-0.3, -0.25) is 0 Å². The summed E-state index contributed by atoms with van der Waals surface area (Å²) < 4.78 is 0. The van der Waals surface area contributed by atoms with Crippen molar-refractivity contribution in [1.29, 1.82) is 0 Å². The third-order valence-corrected chi connectivity index (χ3v) is 2.53. The molecule has 0 aromatic rings. The van der Waals surface area contributed by atoms with Crippen LogP contribution in [0.3, 0.4) is 0 Å². The van der Waals surface area contributed by atoms with E-state index in [2.05, 4.69) is 45.0 Å². The van der Waals surface area contributed by atoms with Crippen LogP contribution >= 0.6 is 0 Å². The molecule has 0 saturated carbocycles. The minimum absolute atomic E-state index is 0.354. The molecule has 0 aromatic heterocycles. The van der Waals surface area contributed by atoms with Gasteiger partial charge in [0, 0.05) is 6.21 Å². The lowest BCUT2D eigenvalue weighted by Gasteiger charge is -2.02. The Kier molecular flexibility index (Phi) is 8.59. The Balaban J connectivity index is 3.74. The largest absolute Gasteiger partial charge is 0.411 e. The van der Waals surface area contributed by atoms with Gasteiger partial charge in [0.15, 0.2) is 0 Å². The van der Waals surface area contributed by atoms with Crippen molar-refractivity contribution in [2.75, 3.05) is 0 Å². The summed E-state index contributed by atoms with van der Waals surface area (Å²) in [6.45, 7) is 8.51. The standard InChI is InChI=1S/C14H25NO/c1-12(2)7-5-8-13(3)9-6-10-14(4)11-15-16/h7,9,11,14,16H,5-6,8,10H2,1-4H3. The number of oxime groups is 1. The Labute approximate surface area is 99.7 Å². The highest BCUT2D eigenvalue weighted by molar-refractivity contribution is 5.59. The molecule has 0 bridgehead atoms. The molecule has 0 heterocycles. The molecule has 0 fully saturated rings. The van der Waals surface area contributed by atoms with Crippen molar-refractivity contribution < 1.29 is 5.21 Å². The quantitative estimate of drug-likeness (QED) is 0.292. The molecule has 2 nitrogen and oxygen atoms in total. The topological polar surface area (TPSA) is 32.6 Å². The first-order chi connectivity index (χ1) is 7.56. The van der Waals surface area contributed by atoms with Crippen LogP contribution in [0.25, 0.3) is 0 Å². The van der Waals surface area contributed by atoms with Gasteiger partial charge in [-0.25, -0.2) is 0 Å². The molecule has 2 heteroatoms. The summed E-state index contributed by atoms with van der Waals surface area (Å²) >= 11 is 0. The third-order valence-electron chi connectivity index (χ3n) is 2.53. The highest BCUT2D eigenvalue weighted by Crippen LogP contribution is 2.10. The van der Waals surface area contributed by atoms with E-state index in [0.29, 0.717) is 5.92 Å². The second kappa shape index (κ2) is 9.20. The molecule has 0 saturated heterocycles. The summed E-state index contributed by atoms with van der Waals surface area (Å²) in [6.07, 6.45) is 10.6. The highest BCUT2D eigenvalue weighted by Gasteiger charge is 1.96. The molecule has 0 radical (unpaired) electrons. The number of hydrogen-bond donors (Lipinski definition) is 1. The summed E-state index contributed by atoms with van der Waals surface area (Å²) in [7, 11) is 0. The molecule has 92 valence electrons. The van der Waals surface area contributed by atoms with E-state index >= 15 is 0 Å². The summed E-state index contributed by atoms with van der Waals surface area (Å²) in [4.78, 5) is 0. The first kappa shape index (κ1) is 14.9. The SMILES string of the molecule is CC(C)=CCCC(C)=CCCC(C)C=NO. The fraction of sp³-hybridized carbons (Fsp3) is 0.643. The van der Waals surface area contributed by atoms with E-state index in [4.69, 9.17) is 5.21 Å². The molecule has 16 heavy (non-hydrogen) atoms. The molecule has 0 aliphatic carbocycles. The maximum Gasteiger partial charge on any atom is 0.0464 e. The van der Waals surface area contributed by atoms with Gasteiger partial charge in [-0.15, -0.1) is 5.16 Å². The maximum absolute atomic E-state index is 8.36. The van der Waals surface area contributed by atoms with Gasteiger partial charge in [0.2, 0.25) is 0 Å². The lowest BCUT2D eigenvalue weighted by atomic mass is 10.0. The molecule has 1 atom stereocenters. The summed E-state index contributed by atoms with van der Waals surface area (Å²) in [5.74, 6) is 0.354. The molecule has 1 unspecified atom stereocenters. The van der Waals surface area contributed by atoms with Crippen LogP contribution < -0.4 is 0 Å². The fourth-order valence-corrected chi connectivity index (χ4v) is 1.47. The van der Waals surface area contributed by atoms with Crippen molar-refractivity contribution in [1.82, 2.24) is 0 Å². The van der Waals surface area contributed by atoms with Gasteiger partial charge in [-0.1, -0.05) is 30.2 Å². The zero-order chi connectivity index (χ0) is 12.4. The second-order valence-electron chi connectivity index (χ2n) is 4.69. The van der Waals surface area contributed by atoms with E-state index in [1.165, 1.54) is 11.1 Å². The number of hydrogen-bond acceptors (Lipinski definition) is 2. The van der Waals surface area contributed by atoms with Crippen LogP contribution in [0, 0.1) is 5.92 Å². The molecular formula is C14H25NO. The van der Waals surface area contributed by atoms with Crippen molar-refractivity contribution in [2.24, 2.45) is 11.1 Å². The lowest BCUT2D eigenvalue weighted by Crippen LogP contribution is -1.94. The van der Waals surface area contributed by atoms with Crippen LogP contribution in [0.4, 0.5) is 0 Å². The van der Waals surface area contributed by atoms with Crippen LogP contribution in [-0.4, -0.2) is 11.4 Å². The predicted molar refractivity (Wildman–Crippen MR) is 71.1 cm³/mol. The molecule has 0 rings (SSSR count). The molecule has 0 aliphatic rings. The van der Waals surface area contributed by atoms with Gasteiger partial charge in [0.05, 0.1) is 0 Å². The maximum atomic E-state index is 8.36. The molecular weight excluding hydrogens is 198 g/mol. The number of rotatable bonds is 7. The van der Waals surface area contributed by atoms with Crippen LogP contribution in [0.15, 0.2) is 28.5 Å². The van der Waals surface area contributed by atoms with Crippen molar-refractivity contribution in [3.8, 4) is 0 Å². The molecule has 0 spiro atoms. The fourth-order valence-electron chi connectivity index (χ4n) is 1.47. The van der Waals surface area contributed by atoms with Crippen LogP contribution in [-0.2, 0) is 0 Å². The van der Waals surface area contributed by atoms with Crippen molar-refractivity contribution in [3.63, 3.8) is 0 Å². The minimum atomic E-state index is 0.354. The molecule has 0 aliphatic heterocycles. The van der Waals surface area contributed by atoms with E-state index in [0.717, 1.165) is 25.7 Å². The van der Waals surface area contributed by atoms with Crippen LogP contribution in [0.1, 0.15) is 53.4 Å². The van der Waals surface area contributed by atoms with E-state index in [1.807, 2.05) is 0 Å². The Morgan fingerprint density at radius 2 is 1.88 bits per heavy atom. The Bertz CT molecular complexity index is 260. The van der Waals surface area contributed by atoms with Crippen molar-refractivity contribution >= 4 is 6.21 Å². The lowest BCUT2D eigenvalue weighted by molar-refractivity contribution is 0.318. The van der Waals surface area contributed by atoms with E-state index in [-0.39, 0.29) is 0 Å². The van der Waals surface area contributed by atoms with Gasteiger partial charge in [0.1, 0.15) is 0 Å². The Morgan fingerprint density at radius 3 is 2.44 bits per heavy atom. The number of nitrogens with zero attached hydrogens (tertiary/aromatic N) is 1. The first-order valence-electron chi connectivity index (χ1n) is 6.02. The Morgan fingerprint density at radius 1 is 1.19 bits per heavy atom. The monoisotopic (exact) mass is 223 g/mol. The van der Waals surface area contributed by atoms with Gasteiger partial charge < -0.3 is 5.21 Å². The smallest absolute Gasteiger partial charge is 0.0464 e. The Hall–Kier alpha value is -1.05. The van der Waals surface area contributed by atoms with Crippen LogP contribution in [0.2, 0.25) is 0 Å².